The number of rotatable bonds is 7. The summed E-state index contributed by atoms with van der Waals surface area (Å²) >= 11 is 6.38. The number of methoxy groups -OCH3 is 2. The lowest BCUT2D eigenvalue weighted by Crippen LogP contribution is -2.20. The van der Waals surface area contributed by atoms with Crippen molar-refractivity contribution in [3.8, 4) is 11.5 Å². The van der Waals surface area contributed by atoms with Crippen LogP contribution >= 0.6 is 11.6 Å². The van der Waals surface area contributed by atoms with E-state index in [4.69, 9.17) is 21.1 Å². The molecule has 4 rings (SSSR count). The molecule has 0 bridgehead atoms. The van der Waals surface area contributed by atoms with Crippen LogP contribution in [0.4, 0.5) is 0 Å². The van der Waals surface area contributed by atoms with Crippen LogP contribution in [-0.2, 0) is 22.8 Å². The first-order valence-electron chi connectivity index (χ1n) is 10.7. The number of ether oxygens (including phenoxy) is 2. The smallest absolute Gasteiger partial charge is 0.211 e. The molecule has 0 aliphatic rings. The van der Waals surface area contributed by atoms with Crippen LogP contribution in [0, 0.1) is 0 Å². The summed E-state index contributed by atoms with van der Waals surface area (Å²) in [6.07, 6.45) is 2.16. The fourth-order valence-corrected chi connectivity index (χ4v) is 5.42. The summed E-state index contributed by atoms with van der Waals surface area (Å²) in [6, 6.07) is 17.0. The van der Waals surface area contributed by atoms with Crippen molar-refractivity contribution >= 4 is 32.3 Å². The second kappa shape index (κ2) is 9.52. The third-order valence-corrected chi connectivity index (χ3v) is 7.91. The van der Waals surface area contributed by atoms with Gasteiger partial charge in [0.2, 0.25) is 15.3 Å². The maximum atomic E-state index is 13.6. The Morgan fingerprint density at radius 2 is 1.59 bits per heavy atom. The molecule has 0 N–H and O–H groups in total. The van der Waals surface area contributed by atoms with Crippen LogP contribution in [0.25, 0.3) is 10.9 Å². The Hall–Kier alpha value is -3.29. The number of halogens is 1. The zero-order valence-corrected chi connectivity index (χ0v) is 20.6. The molecule has 1 aromatic heterocycles. The third kappa shape index (κ3) is 4.29. The Morgan fingerprint density at radius 3 is 2.21 bits per heavy atom. The van der Waals surface area contributed by atoms with Crippen molar-refractivity contribution in [1.29, 1.82) is 0 Å². The third-order valence-electron chi connectivity index (χ3n) is 5.78. The van der Waals surface area contributed by atoms with E-state index in [-0.39, 0.29) is 21.7 Å². The van der Waals surface area contributed by atoms with Crippen LogP contribution in [0.1, 0.15) is 18.1 Å². The summed E-state index contributed by atoms with van der Waals surface area (Å²) in [6.45, 7) is 2.24. The maximum absolute atomic E-state index is 13.6. The summed E-state index contributed by atoms with van der Waals surface area (Å²) in [7, 11) is -1.13. The quantitative estimate of drug-likeness (QED) is 0.354. The SMILES string of the molecule is CCc1ccc(S(=O)(=O)c2cn(Cc3ccccc3Cl)c3cc(OC)c(OC)cc3c2=O)cc1. The number of aromatic nitrogens is 1. The van der Waals surface area contributed by atoms with E-state index in [2.05, 4.69) is 0 Å². The molecule has 0 saturated heterocycles. The van der Waals surface area contributed by atoms with E-state index in [0.717, 1.165) is 17.5 Å². The second-order valence-electron chi connectivity index (χ2n) is 7.77. The van der Waals surface area contributed by atoms with Gasteiger partial charge in [-0.05, 0) is 41.8 Å². The van der Waals surface area contributed by atoms with Gasteiger partial charge in [0.15, 0.2) is 11.5 Å². The van der Waals surface area contributed by atoms with Gasteiger partial charge in [0, 0.05) is 23.8 Å². The van der Waals surface area contributed by atoms with E-state index >= 15 is 0 Å². The Balaban J connectivity index is 2.01. The molecule has 0 aliphatic carbocycles. The fourth-order valence-electron chi connectivity index (χ4n) is 3.85. The molecule has 0 amide bonds. The van der Waals surface area contributed by atoms with Gasteiger partial charge in [-0.25, -0.2) is 8.42 Å². The summed E-state index contributed by atoms with van der Waals surface area (Å²) in [5, 5.41) is 0.741. The molecule has 0 fully saturated rings. The predicted octanol–water partition coefficient (Wildman–Crippen LogP) is 5.12. The molecule has 0 unspecified atom stereocenters. The summed E-state index contributed by atoms with van der Waals surface area (Å²) in [5.74, 6) is 0.756. The number of pyridine rings is 1. The zero-order valence-electron chi connectivity index (χ0n) is 19.0. The van der Waals surface area contributed by atoms with Gasteiger partial charge in [-0.15, -0.1) is 0 Å². The molecule has 0 radical (unpaired) electrons. The molecular formula is C26H24ClNO5S. The first kappa shape index (κ1) is 23.9. The molecule has 34 heavy (non-hydrogen) atoms. The Kier molecular flexibility index (Phi) is 6.68. The number of sulfone groups is 1. The van der Waals surface area contributed by atoms with Crippen molar-refractivity contribution in [2.45, 2.75) is 29.7 Å². The maximum Gasteiger partial charge on any atom is 0.211 e. The van der Waals surface area contributed by atoms with Crippen LogP contribution < -0.4 is 14.9 Å². The highest BCUT2D eigenvalue weighted by molar-refractivity contribution is 7.91. The fraction of sp³-hybridized carbons (Fsp3) is 0.192. The van der Waals surface area contributed by atoms with E-state index in [1.807, 2.05) is 25.1 Å². The van der Waals surface area contributed by atoms with Crippen LogP contribution in [0.15, 0.2) is 81.4 Å². The van der Waals surface area contributed by atoms with Crippen molar-refractivity contribution in [2.75, 3.05) is 14.2 Å². The van der Waals surface area contributed by atoms with Crippen molar-refractivity contribution in [3.05, 3.63) is 93.2 Å². The van der Waals surface area contributed by atoms with E-state index in [1.165, 1.54) is 38.6 Å². The molecule has 0 aliphatic heterocycles. The van der Waals surface area contributed by atoms with Gasteiger partial charge in [-0.1, -0.05) is 48.9 Å². The van der Waals surface area contributed by atoms with Crippen molar-refractivity contribution in [2.24, 2.45) is 0 Å². The summed E-state index contributed by atoms with van der Waals surface area (Å²) in [4.78, 5) is 13.2. The van der Waals surface area contributed by atoms with Crippen LogP contribution in [0.3, 0.4) is 0 Å². The number of nitrogens with zero attached hydrogens (tertiary/aromatic N) is 1. The summed E-state index contributed by atoms with van der Waals surface area (Å²) in [5.41, 5.74) is 1.68. The van der Waals surface area contributed by atoms with Crippen LogP contribution in [0.2, 0.25) is 5.02 Å². The Morgan fingerprint density at radius 1 is 0.941 bits per heavy atom. The number of benzene rings is 3. The van der Waals surface area contributed by atoms with Crippen LogP contribution in [-0.4, -0.2) is 27.2 Å². The molecule has 0 spiro atoms. The Labute approximate surface area is 203 Å². The molecular weight excluding hydrogens is 474 g/mol. The molecule has 3 aromatic carbocycles. The molecule has 1 heterocycles. The second-order valence-corrected chi connectivity index (χ2v) is 10.1. The standard InChI is InChI=1S/C26H24ClNO5S/c1-4-17-9-11-19(12-10-17)34(30,31)25-16-28(15-18-7-5-6-8-21(18)27)22-14-24(33-3)23(32-2)13-20(22)26(25)29/h5-14,16H,4,15H2,1-3H3. The highest BCUT2D eigenvalue weighted by Crippen LogP contribution is 2.33. The van der Waals surface area contributed by atoms with Gasteiger partial charge in [0.05, 0.1) is 30.0 Å². The predicted molar refractivity (Wildman–Crippen MR) is 133 cm³/mol. The minimum atomic E-state index is -4.08. The zero-order chi connectivity index (χ0) is 24.5. The molecule has 4 aromatic rings. The van der Waals surface area contributed by atoms with Crippen molar-refractivity contribution in [1.82, 2.24) is 4.57 Å². The van der Waals surface area contributed by atoms with Gasteiger partial charge in [-0.3, -0.25) is 4.79 Å². The molecule has 0 saturated carbocycles. The van der Waals surface area contributed by atoms with Crippen molar-refractivity contribution in [3.63, 3.8) is 0 Å². The molecule has 176 valence electrons. The van der Waals surface area contributed by atoms with Gasteiger partial charge >= 0.3 is 0 Å². The van der Waals surface area contributed by atoms with Gasteiger partial charge < -0.3 is 14.0 Å². The largest absolute Gasteiger partial charge is 0.493 e. The summed E-state index contributed by atoms with van der Waals surface area (Å²) < 4.78 is 39.6. The minimum Gasteiger partial charge on any atom is -0.493 e. The molecule has 0 atom stereocenters. The highest BCUT2D eigenvalue weighted by Gasteiger charge is 2.25. The Bertz CT molecular complexity index is 1530. The van der Waals surface area contributed by atoms with E-state index in [0.29, 0.717) is 22.0 Å². The molecule has 8 heteroatoms. The average Bonchev–Trinajstić information content (AvgIpc) is 2.86. The minimum absolute atomic E-state index is 0.0610. The monoisotopic (exact) mass is 497 g/mol. The highest BCUT2D eigenvalue weighted by atomic mass is 35.5. The lowest BCUT2D eigenvalue weighted by Gasteiger charge is -2.17. The lowest BCUT2D eigenvalue weighted by molar-refractivity contribution is 0.355. The number of hydrogen-bond donors (Lipinski definition) is 0. The van der Waals surface area contributed by atoms with E-state index < -0.39 is 15.3 Å². The number of aryl methyl sites for hydroxylation is 1. The normalized spacial score (nSPS) is 11.5. The van der Waals surface area contributed by atoms with Crippen LogP contribution in [0.5, 0.6) is 11.5 Å². The van der Waals surface area contributed by atoms with E-state index in [1.54, 1.807) is 28.8 Å². The molecule has 6 nitrogen and oxygen atoms in total. The first-order chi connectivity index (χ1) is 16.3. The average molecular weight is 498 g/mol. The van der Waals surface area contributed by atoms with E-state index in [9.17, 15) is 13.2 Å². The van der Waals surface area contributed by atoms with Gasteiger partial charge in [-0.2, -0.15) is 0 Å². The van der Waals surface area contributed by atoms with Gasteiger partial charge in [0.25, 0.3) is 0 Å². The van der Waals surface area contributed by atoms with Gasteiger partial charge in [0.1, 0.15) is 4.90 Å². The topological polar surface area (TPSA) is 74.6 Å². The first-order valence-corrected chi connectivity index (χ1v) is 12.5. The van der Waals surface area contributed by atoms with Crippen molar-refractivity contribution < 1.29 is 17.9 Å². The lowest BCUT2D eigenvalue weighted by atomic mass is 10.1. The number of hydrogen-bond acceptors (Lipinski definition) is 5. The number of fused-ring (bicyclic) bond motifs is 1.